The molecule has 1 atom stereocenters. The number of hydrogen-bond donors (Lipinski definition) is 1. The minimum absolute atomic E-state index is 0.0746. The Morgan fingerprint density at radius 2 is 1.94 bits per heavy atom. The van der Waals surface area contributed by atoms with Crippen molar-refractivity contribution in [2.75, 3.05) is 7.05 Å². The second-order valence-electron chi connectivity index (χ2n) is 4.29. The van der Waals surface area contributed by atoms with Gasteiger partial charge in [0.25, 0.3) is 0 Å². The van der Waals surface area contributed by atoms with Crippen molar-refractivity contribution in [3.05, 3.63) is 57.2 Å². The summed E-state index contributed by atoms with van der Waals surface area (Å²) in [6, 6.07) is 6.80. The molecule has 0 aliphatic rings. The van der Waals surface area contributed by atoms with Crippen LogP contribution in [0.25, 0.3) is 0 Å². The standard InChI is InChI=1S/C14H15BrFNO/c1-8-4-13(9(2)18-8)14(17-3)10-5-11(15)7-12(16)6-10/h4-7,14,17H,1-3H3. The Bertz CT molecular complexity index is 545. The van der Waals surface area contributed by atoms with Crippen LogP contribution in [0.2, 0.25) is 0 Å². The average molecular weight is 312 g/mol. The van der Waals surface area contributed by atoms with E-state index < -0.39 is 0 Å². The number of hydrogen-bond acceptors (Lipinski definition) is 2. The Kier molecular flexibility index (Phi) is 3.88. The largest absolute Gasteiger partial charge is 0.466 e. The van der Waals surface area contributed by atoms with Crippen molar-refractivity contribution in [2.24, 2.45) is 0 Å². The van der Waals surface area contributed by atoms with E-state index in [9.17, 15) is 4.39 Å². The Morgan fingerprint density at radius 3 is 2.44 bits per heavy atom. The van der Waals surface area contributed by atoms with Gasteiger partial charge in [0.05, 0.1) is 6.04 Å². The summed E-state index contributed by atoms with van der Waals surface area (Å²) in [5, 5.41) is 3.20. The van der Waals surface area contributed by atoms with Gasteiger partial charge in [-0.05, 0) is 50.7 Å². The maximum atomic E-state index is 13.5. The SMILES string of the molecule is CNC(c1cc(F)cc(Br)c1)c1cc(C)oc1C. The first-order valence-electron chi connectivity index (χ1n) is 5.71. The second-order valence-corrected chi connectivity index (χ2v) is 5.21. The van der Waals surface area contributed by atoms with E-state index in [2.05, 4.69) is 21.2 Å². The molecule has 2 aromatic rings. The van der Waals surface area contributed by atoms with Crippen LogP contribution in [0.3, 0.4) is 0 Å². The lowest BCUT2D eigenvalue weighted by Gasteiger charge is -2.16. The molecule has 0 fully saturated rings. The molecule has 0 saturated carbocycles. The first-order chi connectivity index (χ1) is 8.51. The third-order valence-corrected chi connectivity index (χ3v) is 3.36. The van der Waals surface area contributed by atoms with Crippen LogP contribution >= 0.6 is 15.9 Å². The third-order valence-electron chi connectivity index (χ3n) is 2.90. The lowest BCUT2D eigenvalue weighted by atomic mass is 9.99. The van der Waals surface area contributed by atoms with E-state index in [0.29, 0.717) is 0 Å². The van der Waals surface area contributed by atoms with E-state index >= 15 is 0 Å². The maximum absolute atomic E-state index is 13.5. The first kappa shape index (κ1) is 13.3. The molecule has 1 aromatic heterocycles. The highest BCUT2D eigenvalue weighted by Crippen LogP contribution is 2.29. The smallest absolute Gasteiger partial charge is 0.124 e. The molecule has 0 amide bonds. The van der Waals surface area contributed by atoms with E-state index in [0.717, 1.165) is 27.1 Å². The van der Waals surface area contributed by atoms with Crippen LogP contribution in [0.5, 0.6) is 0 Å². The average Bonchev–Trinajstić information content (AvgIpc) is 2.58. The lowest BCUT2D eigenvalue weighted by Crippen LogP contribution is -2.18. The van der Waals surface area contributed by atoms with Gasteiger partial charge in [0, 0.05) is 10.0 Å². The van der Waals surface area contributed by atoms with Gasteiger partial charge in [0.15, 0.2) is 0 Å². The third kappa shape index (κ3) is 2.65. The summed E-state index contributed by atoms with van der Waals surface area (Å²) in [7, 11) is 1.85. The van der Waals surface area contributed by atoms with E-state index in [4.69, 9.17) is 4.42 Å². The zero-order valence-electron chi connectivity index (χ0n) is 10.6. The van der Waals surface area contributed by atoms with Gasteiger partial charge in [-0.1, -0.05) is 15.9 Å². The van der Waals surface area contributed by atoms with Gasteiger partial charge in [-0.3, -0.25) is 0 Å². The van der Waals surface area contributed by atoms with Gasteiger partial charge in [0.2, 0.25) is 0 Å². The molecule has 4 heteroatoms. The first-order valence-corrected chi connectivity index (χ1v) is 6.50. The molecule has 1 N–H and O–H groups in total. The van der Waals surface area contributed by atoms with Crippen LogP contribution < -0.4 is 5.32 Å². The van der Waals surface area contributed by atoms with Crippen molar-refractivity contribution in [1.29, 1.82) is 0 Å². The number of aryl methyl sites for hydroxylation is 2. The Hall–Kier alpha value is -1.13. The van der Waals surface area contributed by atoms with E-state index in [1.807, 2.05) is 33.0 Å². The van der Waals surface area contributed by atoms with Gasteiger partial charge < -0.3 is 9.73 Å². The highest BCUT2D eigenvalue weighted by atomic mass is 79.9. The normalized spacial score (nSPS) is 12.7. The number of benzene rings is 1. The topological polar surface area (TPSA) is 25.2 Å². The van der Waals surface area contributed by atoms with Gasteiger partial charge in [-0.15, -0.1) is 0 Å². The van der Waals surface area contributed by atoms with Crippen molar-refractivity contribution >= 4 is 15.9 Å². The molecule has 0 aliphatic carbocycles. The zero-order chi connectivity index (χ0) is 13.3. The minimum Gasteiger partial charge on any atom is -0.466 e. The monoisotopic (exact) mass is 311 g/mol. The summed E-state index contributed by atoms with van der Waals surface area (Å²) in [5.41, 5.74) is 1.90. The molecular formula is C14H15BrFNO. The highest BCUT2D eigenvalue weighted by Gasteiger charge is 2.18. The molecule has 0 aliphatic heterocycles. The molecule has 1 aromatic carbocycles. The van der Waals surface area contributed by atoms with Crippen LogP contribution in [0.4, 0.5) is 4.39 Å². The van der Waals surface area contributed by atoms with Crippen molar-refractivity contribution in [3.8, 4) is 0 Å². The van der Waals surface area contributed by atoms with Crippen LogP contribution in [0.15, 0.2) is 33.2 Å². The van der Waals surface area contributed by atoms with Gasteiger partial charge >= 0.3 is 0 Å². The highest BCUT2D eigenvalue weighted by molar-refractivity contribution is 9.10. The number of rotatable bonds is 3. The Labute approximate surface area is 114 Å². The number of furan rings is 1. The minimum atomic E-state index is -0.252. The summed E-state index contributed by atoms with van der Waals surface area (Å²) < 4.78 is 19.7. The molecular weight excluding hydrogens is 297 g/mol. The molecule has 0 saturated heterocycles. The van der Waals surface area contributed by atoms with Gasteiger partial charge in [-0.25, -0.2) is 4.39 Å². The molecule has 1 unspecified atom stereocenters. The number of halogens is 2. The summed E-state index contributed by atoms with van der Waals surface area (Å²) in [6.07, 6.45) is 0. The van der Waals surface area contributed by atoms with Crippen LogP contribution in [0, 0.1) is 19.7 Å². The molecule has 18 heavy (non-hydrogen) atoms. The summed E-state index contributed by atoms with van der Waals surface area (Å²) >= 11 is 3.32. The fourth-order valence-corrected chi connectivity index (χ4v) is 2.66. The lowest BCUT2D eigenvalue weighted by molar-refractivity contribution is 0.496. The number of nitrogens with one attached hydrogen (secondary N) is 1. The van der Waals surface area contributed by atoms with E-state index in [-0.39, 0.29) is 11.9 Å². The molecule has 0 spiro atoms. The molecule has 96 valence electrons. The second kappa shape index (κ2) is 5.24. The zero-order valence-corrected chi connectivity index (χ0v) is 12.1. The van der Waals surface area contributed by atoms with E-state index in [1.165, 1.54) is 12.1 Å². The van der Waals surface area contributed by atoms with Crippen LogP contribution in [-0.4, -0.2) is 7.05 Å². The fraction of sp³-hybridized carbons (Fsp3) is 0.286. The predicted molar refractivity (Wildman–Crippen MR) is 73.2 cm³/mol. The van der Waals surface area contributed by atoms with Crippen LogP contribution in [0.1, 0.15) is 28.7 Å². The van der Waals surface area contributed by atoms with Gasteiger partial charge in [-0.2, -0.15) is 0 Å². The van der Waals surface area contributed by atoms with Crippen molar-refractivity contribution in [3.63, 3.8) is 0 Å². The quantitative estimate of drug-likeness (QED) is 0.923. The Balaban J connectivity index is 2.48. The fourth-order valence-electron chi connectivity index (χ4n) is 2.18. The molecule has 0 radical (unpaired) electrons. The van der Waals surface area contributed by atoms with Crippen molar-refractivity contribution in [1.82, 2.24) is 5.32 Å². The molecule has 2 rings (SSSR count). The molecule has 0 bridgehead atoms. The summed E-state index contributed by atoms with van der Waals surface area (Å²) in [6.45, 7) is 3.83. The summed E-state index contributed by atoms with van der Waals surface area (Å²) in [4.78, 5) is 0. The van der Waals surface area contributed by atoms with Crippen LogP contribution in [-0.2, 0) is 0 Å². The summed E-state index contributed by atoms with van der Waals surface area (Å²) in [5.74, 6) is 1.46. The van der Waals surface area contributed by atoms with Crippen molar-refractivity contribution in [2.45, 2.75) is 19.9 Å². The van der Waals surface area contributed by atoms with Gasteiger partial charge in [0.1, 0.15) is 17.3 Å². The molecule has 1 heterocycles. The van der Waals surface area contributed by atoms with Crippen molar-refractivity contribution < 1.29 is 8.81 Å². The van der Waals surface area contributed by atoms with E-state index in [1.54, 1.807) is 0 Å². The predicted octanol–water partition coefficient (Wildman–Crippen LogP) is 4.11. The molecule has 2 nitrogen and oxygen atoms in total. The Morgan fingerprint density at radius 1 is 1.22 bits per heavy atom. The maximum Gasteiger partial charge on any atom is 0.124 e.